The standard InChI is InChI=1S/C13H8N4O2/c14-6-7-5-9-8-3-1-2-4-10(8)17-11(9)12(16-7)19-13(15)18/h1-5,17H,(H2,15,18). The Bertz CT molecular complexity index is 845. The van der Waals surface area contributed by atoms with Crippen LogP contribution >= 0.6 is 0 Å². The molecule has 0 unspecified atom stereocenters. The van der Waals surface area contributed by atoms with Crippen molar-refractivity contribution in [3.63, 3.8) is 0 Å². The van der Waals surface area contributed by atoms with E-state index >= 15 is 0 Å². The number of para-hydroxylation sites is 1. The van der Waals surface area contributed by atoms with Crippen molar-refractivity contribution in [1.29, 1.82) is 5.26 Å². The summed E-state index contributed by atoms with van der Waals surface area (Å²) in [4.78, 5) is 17.9. The highest BCUT2D eigenvalue weighted by atomic mass is 16.6. The molecule has 19 heavy (non-hydrogen) atoms. The van der Waals surface area contributed by atoms with Gasteiger partial charge in [0, 0.05) is 16.3 Å². The molecule has 92 valence electrons. The lowest BCUT2D eigenvalue weighted by Crippen LogP contribution is -2.17. The van der Waals surface area contributed by atoms with Crippen LogP contribution in [0.25, 0.3) is 21.8 Å². The van der Waals surface area contributed by atoms with Crippen molar-refractivity contribution in [2.24, 2.45) is 5.73 Å². The number of nitriles is 1. The summed E-state index contributed by atoms with van der Waals surface area (Å²) in [6, 6.07) is 11.1. The molecule has 1 amide bonds. The lowest BCUT2D eigenvalue weighted by molar-refractivity contribution is 0.209. The van der Waals surface area contributed by atoms with Crippen LogP contribution in [0.15, 0.2) is 30.3 Å². The summed E-state index contributed by atoms with van der Waals surface area (Å²) in [5.41, 5.74) is 6.57. The number of primary amides is 1. The molecule has 2 aromatic heterocycles. The summed E-state index contributed by atoms with van der Waals surface area (Å²) in [5, 5.41) is 10.7. The molecule has 0 fully saturated rings. The van der Waals surface area contributed by atoms with E-state index < -0.39 is 6.09 Å². The first-order chi connectivity index (χ1) is 9.19. The maximum absolute atomic E-state index is 10.9. The molecule has 3 N–H and O–H groups in total. The van der Waals surface area contributed by atoms with Gasteiger partial charge >= 0.3 is 6.09 Å². The zero-order valence-electron chi connectivity index (χ0n) is 9.68. The van der Waals surface area contributed by atoms with Crippen molar-refractivity contribution >= 4 is 27.9 Å². The van der Waals surface area contributed by atoms with Gasteiger partial charge in [0.25, 0.3) is 0 Å². The van der Waals surface area contributed by atoms with E-state index in [1.54, 1.807) is 6.07 Å². The van der Waals surface area contributed by atoms with Crippen molar-refractivity contribution in [3.05, 3.63) is 36.0 Å². The number of aromatic nitrogens is 2. The Labute approximate surface area is 107 Å². The van der Waals surface area contributed by atoms with E-state index in [-0.39, 0.29) is 11.6 Å². The monoisotopic (exact) mass is 252 g/mol. The van der Waals surface area contributed by atoms with E-state index in [0.29, 0.717) is 5.52 Å². The highest BCUT2D eigenvalue weighted by molar-refractivity contribution is 6.09. The van der Waals surface area contributed by atoms with Gasteiger partial charge in [-0.3, -0.25) is 0 Å². The molecular formula is C13H8N4O2. The third-order valence-electron chi connectivity index (χ3n) is 2.77. The van der Waals surface area contributed by atoms with Crippen molar-refractivity contribution in [3.8, 4) is 11.9 Å². The van der Waals surface area contributed by atoms with Crippen LogP contribution in [-0.4, -0.2) is 16.1 Å². The molecule has 0 aliphatic carbocycles. The van der Waals surface area contributed by atoms with Gasteiger partial charge in [-0.15, -0.1) is 0 Å². The van der Waals surface area contributed by atoms with Crippen LogP contribution < -0.4 is 10.5 Å². The second-order valence-electron chi connectivity index (χ2n) is 3.94. The number of hydrogen-bond donors (Lipinski definition) is 2. The number of aromatic amines is 1. The summed E-state index contributed by atoms with van der Waals surface area (Å²) < 4.78 is 4.84. The molecular weight excluding hydrogens is 244 g/mol. The third-order valence-corrected chi connectivity index (χ3v) is 2.77. The predicted molar refractivity (Wildman–Crippen MR) is 68.5 cm³/mol. The molecule has 0 aliphatic heterocycles. The molecule has 6 nitrogen and oxygen atoms in total. The number of pyridine rings is 1. The van der Waals surface area contributed by atoms with E-state index in [9.17, 15) is 4.79 Å². The first-order valence-electron chi connectivity index (χ1n) is 5.48. The summed E-state index contributed by atoms with van der Waals surface area (Å²) in [7, 11) is 0. The number of rotatable bonds is 1. The Morgan fingerprint density at radius 3 is 2.89 bits per heavy atom. The largest absolute Gasteiger partial charge is 0.411 e. The molecule has 0 spiro atoms. The van der Waals surface area contributed by atoms with Gasteiger partial charge in [-0.25, -0.2) is 9.78 Å². The first-order valence-corrected chi connectivity index (χ1v) is 5.48. The highest BCUT2D eigenvalue weighted by Crippen LogP contribution is 2.30. The number of H-pyrrole nitrogens is 1. The summed E-state index contributed by atoms with van der Waals surface area (Å²) in [6.07, 6.45) is -0.970. The number of nitrogens with one attached hydrogen (secondary N) is 1. The van der Waals surface area contributed by atoms with Crippen molar-refractivity contribution < 1.29 is 9.53 Å². The Morgan fingerprint density at radius 2 is 2.16 bits per heavy atom. The maximum Gasteiger partial charge on any atom is 0.411 e. The maximum atomic E-state index is 10.9. The SMILES string of the molecule is N#Cc1cc2c([nH]c3ccccc32)c(OC(N)=O)n1. The van der Waals surface area contributed by atoms with Gasteiger partial charge in [0.05, 0.1) is 0 Å². The summed E-state index contributed by atoms with van der Waals surface area (Å²) in [5.74, 6) is 0.0118. The number of ether oxygens (including phenoxy) is 1. The zero-order valence-corrected chi connectivity index (χ0v) is 9.68. The third kappa shape index (κ3) is 1.73. The van der Waals surface area contributed by atoms with Gasteiger partial charge in [0.2, 0.25) is 5.88 Å². The molecule has 2 heterocycles. The fourth-order valence-corrected chi connectivity index (χ4v) is 2.04. The quantitative estimate of drug-likeness (QED) is 0.691. The number of nitrogens with two attached hydrogens (primary N) is 1. The molecule has 6 heteroatoms. The van der Waals surface area contributed by atoms with Crippen LogP contribution in [0.3, 0.4) is 0 Å². The second-order valence-corrected chi connectivity index (χ2v) is 3.94. The van der Waals surface area contributed by atoms with Crippen LogP contribution in [0.5, 0.6) is 5.88 Å². The second kappa shape index (κ2) is 3.99. The van der Waals surface area contributed by atoms with E-state index in [0.717, 1.165) is 16.3 Å². The average molecular weight is 252 g/mol. The molecule has 0 atom stereocenters. The van der Waals surface area contributed by atoms with Crippen molar-refractivity contribution in [1.82, 2.24) is 9.97 Å². The zero-order chi connectivity index (χ0) is 13.4. The lowest BCUT2D eigenvalue weighted by atomic mass is 10.1. The van der Waals surface area contributed by atoms with Crippen LogP contribution in [0.4, 0.5) is 4.79 Å². The number of fused-ring (bicyclic) bond motifs is 3. The Balaban J connectivity index is 2.41. The lowest BCUT2D eigenvalue weighted by Gasteiger charge is -2.01. The van der Waals surface area contributed by atoms with Crippen LogP contribution in [0, 0.1) is 11.3 Å². The van der Waals surface area contributed by atoms with Gasteiger partial charge in [-0.1, -0.05) is 18.2 Å². The molecule has 0 saturated carbocycles. The minimum atomic E-state index is -0.970. The predicted octanol–water partition coefficient (Wildman–Crippen LogP) is 2.05. The molecule has 3 aromatic rings. The van der Waals surface area contributed by atoms with Crippen LogP contribution in [0.1, 0.15) is 5.69 Å². The molecule has 0 radical (unpaired) electrons. The van der Waals surface area contributed by atoms with Gasteiger partial charge in [-0.2, -0.15) is 5.26 Å². The Hall–Kier alpha value is -3.07. The van der Waals surface area contributed by atoms with E-state index in [1.807, 2.05) is 30.3 Å². The summed E-state index contributed by atoms with van der Waals surface area (Å²) >= 11 is 0. The minimum absolute atomic E-state index is 0.0118. The van der Waals surface area contributed by atoms with E-state index in [4.69, 9.17) is 15.7 Å². The Morgan fingerprint density at radius 1 is 1.37 bits per heavy atom. The smallest absolute Gasteiger partial charge is 0.389 e. The molecule has 1 aromatic carbocycles. The number of nitrogens with zero attached hydrogens (tertiary/aromatic N) is 2. The van der Waals surface area contributed by atoms with E-state index in [2.05, 4.69) is 9.97 Å². The van der Waals surface area contributed by atoms with Crippen molar-refractivity contribution in [2.75, 3.05) is 0 Å². The fraction of sp³-hybridized carbons (Fsp3) is 0. The number of amides is 1. The molecule has 0 aliphatic rings. The Kier molecular flexibility index (Phi) is 2.32. The molecule has 3 rings (SSSR count). The molecule has 0 bridgehead atoms. The minimum Gasteiger partial charge on any atom is -0.389 e. The van der Waals surface area contributed by atoms with Crippen molar-refractivity contribution in [2.45, 2.75) is 0 Å². The normalized spacial score (nSPS) is 10.5. The van der Waals surface area contributed by atoms with E-state index in [1.165, 1.54) is 0 Å². The van der Waals surface area contributed by atoms with Crippen LogP contribution in [-0.2, 0) is 0 Å². The number of carbonyl (C=O) groups is 1. The van der Waals surface area contributed by atoms with Gasteiger partial charge in [0.15, 0.2) is 0 Å². The van der Waals surface area contributed by atoms with Gasteiger partial charge < -0.3 is 15.5 Å². The first kappa shape index (κ1) is 11.0. The number of benzene rings is 1. The average Bonchev–Trinajstić information content (AvgIpc) is 2.77. The van der Waals surface area contributed by atoms with Gasteiger partial charge in [-0.05, 0) is 12.1 Å². The van der Waals surface area contributed by atoms with Gasteiger partial charge in [0.1, 0.15) is 17.3 Å². The fourth-order valence-electron chi connectivity index (χ4n) is 2.04. The topological polar surface area (TPSA) is 105 Å². The highest BCUT2D eigenvalue weighted by Gasteiger charge is 2.14. The number of hydrogen-bond acceptors (Lipinski definition) is 4. The molecule has 0 saturated heterocycles. The number of carbonyl (C=O) groups excluding carboxylic acids is 1. The van der Waals surface area contributed by atoms with Crippen LogP contribution in [0.2, 0.25) is 0 Å². The summed E-state index contributed by atoms with van der Waals surface area (Å²) in [6.45, 7) is 0.